The van der Waals surface area contributed by atoms with Crippen LogP contribution >= 0.6 is 0 Å². The Bertz CT molecular complexity index is 857. The number of aliphatic hydroxyl groups is 4. The van der Waals surface area contributed by atoms with Gasteiger partial charge < -0.3 is 20.4 Å². The Labute approximate surface area is 197 Å². The van der Waals surface area contributed by atoms with Gasteiger partial charge in [-0.2, -0.15) is 0 Å². The van der Waals surface area contributed by atoms with E-state index in [1.54, 1.807) is 19.9 Å². The summed E-state index contributed by atoms with van der Waals surface area (Å²) in [6.45, 7) is 9.67. The lowest BCUT2D eigenvalue weighted by molar-refractivity contribution is -0.154. The van der Waals surface area contributed by atoms with Gasteiger partial charge in [0.05, 0.1) is 17.3 Å². The third-order valence-corrected chi connectivity index (χ3v) is 10.3. The molecule has 4 aliphatic rings. The molecular weight excluding hydrogens is 420 g/mol. The summed E-state index contributed by atoms with van der Waals surface area (Å²) in [7, 11) is 0. The van der Waals surface area contributed by atoms with Crippen molar-refractivity contribution in [3.8, 4) is 0 Å². The van der Waals surface area contributed by atoms with Gasteiger partial charge in [-0.3, -0.25) is 9.59 Å². The van der Waals surface area contributed by atoms with Crippen LogP contribution in [0, 0.1) is 34.5 Å². The topological polar surface area (TPSA) is 115 Å². The second kappa shape index (κ2) is 7.97. The summed E-state index contributed by atoms with van der Waals surface area (Å²) in [5.41, 5.74) is -2.15. The molecule has 0 spiro atoms. The van der Waals surface area contributed by atoms with Crippen LogP contribution in [0.4, 0.5) is 0 Å². The lowest BCUT2D eigenvalue weighted by Gasteiger charge is -2.59. The first-order valence-corrected chi connectivity index (χ1v) is 12.7. The largest absolute Gasteiger partial charge is 0.393 e. The van der Waals surface area contributed by atoms with Crippen LogP contribution in [0.25, 0.3) is 0 Å². The lowest BCUT2D eigenvalue weighted by Crippen LogP contribution is -2.60. The van der Waals surface area contributed by atoms with Gasteiger partial charge in [0.1, 0.15) is 6.10 Å². The van der Waals surface area contributed by atoms with Crippen molar-refractivity contribution < 1.29 is 30.0 Å². The van der Waals surface area contributed by atoms with Crippen molar-refractivity contribution in [3.05, 3.63) is 11.6 Å². The number of rotatable bonds is 5. The maximum Gasteiger partial charge on any atom is 0.162 e. The zero-order valence-electron chi connectivity index (χ0n) is 20.8. The number of carbonyl (C=O) groups is 2. The minimum absolute atomic E-state index is 0.0322. The number of hydrogen-bond donors (Lipinski definition) is 4. The summed E-state index contributed by atoms with van der Waals surface area (Å²) in [5.74, 6) is -0.745. The highest BCUT2D eigenvalue weighted by Crippen LogP contribution is 2.68. The molecule has 0 bridgehead atoms. The summed E-state index contributed by atoms with van der Waals surface area (Å²) >= 11 is 0. The maximum absolute atomic E-state index is 13.2. The Kier molecular flexibility index (Phi) is 6.05. The Morgan fingerprint density at radius 1 is 1.15 bits per heavy atom. The van der Waals surface area contributed by atoms with Crippen LogP contribution in [-0.4, -0.2) is 55.4 Å². The van der Waals surface area contributed by atoms with E-state index >= 15 is 0 Å². The molecule has 3 saturated carbocycles. The van der Waals surface area contributed by atoms with Crippen LogP contribution in [0.2, 0.25) is 0 Å². The van der Waals surface area contributed by atoms with Gasteiger partial charge in [0, 0.05) is 17.8 Å². The molecule has 4 aliphatic carbocycles. The second-order valence-corrected chi connectivity index (χ2v) is 12.7. The smallest absolute Gasteiger partial charge is 0.162 e. The molecule has 186 valence electrons. The molecular formula is C27H42O6. The third kappa shape index (κ3) is 3.76. The molecule has 2 unspecified atom stereocenters. The molecule has 0 heterocycles. The molecule has 0 saturated heterocycles. The summed E-state index contributed by atoms with van der Waals surface area (Å²) in [4.78, 5) is 25.4. The molecule has 4 rings (SSSR count). The monoisotopic (exact) mass is 462 g/mol. The fraction of sp³-hybridized carbons (Fsp3) is 0.852. The van der Waals surface area contributed by atoms with E-state index in [-0.39, 0.29) is 42.2 Å². The number of carbonyl (C=O) groups excluding carboxylic acids is 2. The maximum atomic E-state index is 13.2. The Balaban J connectivity index is 1.63. The molecule has 3 fully saturated rings. The summed E-state index contributed by atoms with van der Waals surface area (Å²) < 4.78 is 0. The van der Waals surface area contributed by atoms with E-state index in [1.165, 1.54) is 0 Å². The van der Waals surface area contributed by atoms with Crippen LogP contribution in [-0.2, 0) is 9.59 Å². The summed E-state index contributed by atoms with van der Waals surface area (Å²) in [5, 5.41) is 43.6. The van der Waals surface area contributed by atoms with Crippen LogP contribution < -0.4 is 0 Å². The average molecular weight is 463 g/mol. The fourth-order valence-electron chi connectivity index (χ4n) is 8.12. The van der Waals surface area contributed by atoms with Crippen LogP contribution in [0.5, 0.6) is 0 Å². The number of hydrogen-bond acceptors (Lipinski definition) is 6. The lowest BCUT2D eigenvalue weighted by atomic mass is 9.46. The Morgan fingerprint density at radius 2 is 1.82 bits per heavy atom. The van der Waals surface area contributed by atoms with E-state index in [4.69, 9.17) is 0 Å². The first-order chi connectivity index (χ1) is 15.1. The first-order valence-electron chi connectivity index (χ1n) is 12.7. The standard InChI is InChI=1S/C27H42O6/c1-15(20(28)8-9-24(2,3)32)16-7-11-27(33)18-12-21(29)19-13-22(30)23(31)14-25(19,4)17(18)6-10-26(16,27)5/h12,15-17,19-20,23,28,31-33H,6-11,13-14H2,1-5H3/t15-,16?,17?,19-,20+,23-,25+,26+,27+/m0/s1. The van der Waals surface area contributed by atoms with Crippen molar-refractivity contribution in [2.45, 2.75) is 109 Å². The summed E-state index contributed by atoms with van der Waals surface area (Å²) in [6, 6.07) is 0. The zero-order chi connectivity index (χ0) is 24.6. The molecule has 0 aliphatic heterocycles. The predicted molar refractivity (Wildman–Crippen MR) is 124 cm³/mol. The van der Waals surface area contributed by atoms with Crippen molar-refractivity contribution in [2.24, 2.45) is 34.5 Å². The highest BCUT2D eigenvalue weighted by atomic mass is 16.3. The number of ketones is 2. The van der Waals surface area contributed by atoms with Gasteiger partial charge >= 0.3 is 0 Å². The van der Waals surface area contributed by atoms with E-state index < -0.39 is 40.2 Å². The molecule has 33 heavy (non-hydrogen) atoms. The van der Waals surface area contributed by atoms with E-state index in [0.29, 0.717) is 19.3 Å². The van der Waals surface area contributed by atoms with E-state index in [9.17, 15) is 30.0 Å². The molecule has 0 amide bonds. The Morgan fingerprint density at radius 3 is 2.45 bits per heavy atom. The molecule has 9 atom stereocenters. The minimum Gasteiger partial charge on any atom is -0.393 e. The van der Waals surface area contributed by atoms with Crippen molar-refractivity contribution in [1.29, 1.82) is 0 Å². The van der Waals surface area contributed by atoms with E-state index in [2.05, 4.69) is 6.92 Å². The average Bonchev–Trinajstić information content (AvgIpc) is 2.99. The number of aliphatic hydroxyl groups excluding tert-OH is 2. The highest BCUT2D eigenvalue weighted by Gasteiger charge is 2.67. The van der Waals surface area contributed by atoms with Gasteiger partial charge in [-0.25, -0.2) is 0 Å². The number of allylic oxidation sites excluding steroid dienone is 1. The van der Waals surface area contributed by atoms with E-state index in [0.717, 1.165) is 24.8 Å². The minimum atomic E-state index is -1.12. The second-order valence-electron chi connectivity index (χ2n) is 12.7. The highest BCUT2D eigenvalue weighted by molar-refractivity contribution is 5.99. The van der Waals surface area contributed by atoms with Gasteiger partial charge in [-0.1, -0.05) is 20.8 Å². The van der Waals surface area contributed by atoms with Crippen LogP contribution in [0.3, 0.4) is 0 Å². The SMILES string of the molecule is C[C@@H](C1CC[C@@]2(O)C3=CC(=O)[C@@H]4CC(=O)[C@@H](O)C[C@]4(C)C3CC[C@]12C)[C@H](O)CCC(C)(C)O. The number of Topliss-reactive ketones (excluding diaryl/α,β-unsaturated/α-hetero) is 1. The van der Waals surface area contributed by atoms with Gasteiger partial charge in [0.15, 0.2) is 11.6 Å². The van der Waals surface area contributed by atoms with Crippen LogP contribution in [0.15, 0.2) is 11.6 Å². The molecule has 0 aromatic rings. The summed E-state index contributed by atoms with van der Waals surface area (Å²) in [6.07, 6.45) is 4.30. The molecule has 6 heteroatoms. The first kappa shape index (κ1) is 25.0. The molecule has 4 N–H and O–H groups in total. The van der Waals surface area contributed by atoms with Crippen molar-refractivity contribution in [1.82, 2.24) is 0 Å². The van der Waals surface area contributed by atoms with Crippen molar-refractivity contribution >= 4 is 11.6 Å². The Hall–Kier alpha value is -1.08. The third-order valence-electron chi connectivity index (χ3n) is 10.3. The predicted octanol–water partition coefficient (Wildman–Crippen LogP) is 2.95. The molecule has 0 aromatic heterocycles. The van der Waals surface area contributed by atoms with Gasteiger partial charge in [0.2, 0.25) is 0 Å². The van der Waals surface area contributed by atoms with Gasteiger partial charge in [0.25, 0.3) is 0 Å². The van der Waals surface area contributed by atoms with E-state index in [1.807, 2.05) is 13.8 Å². The van der Waals surface area contributed by atoms with Gasteiger partial charge in [-0.15, -0.1) is 0 Å². The quantitative estimate of drug-likeness (QED) is 0.499. The molecule has 0 radical (unpaired) electrons. The zero-order valence-corrected chi connectivity index (χ0v) is 20.8. The van der Waals surface area contributed by atoms with Gasteiger partial charge in [-0.05, 0) is 93.6 Å². The molecule has 6 nitrogen and oxygen atoms in total. The van der Waals surface area contributed by atoms with Crippen molar-refractivity contribution in [2.75, 3.05) is 0 Å². The van der Waals surface area contributed by atoms with Crippen LogP contribution in [0.1, 0.15) is 86.0 Å². The van der Waals surface area contributed by atoms with Crippen molar-refractivity contribution in [3.63, 3.8) is 0 Å². The normalized spacial score (nSPS) is 45.1. The number of fused-ring (bicyclic) bond motifs is 5. The molecule has 0 aromatic carbocycles. The fourth-order valence-corrected chi connectivity index (χ4v) is 8.12.